The molecule has 2 aromatic rings. The molecule has 0 radical (unpaired) electrons. The van der Waals surface area contributed by atoms with Crippen molar-refractivity contribution >= 4 is 9.84 Å². The Morgan fingerprint density at radius 3 is 2.83 bits per heavy atom. The first kappa shape index (κ1) is 12.6. The molecule has 0 aliphatic rings. The van der Waals surface area contributed by atoms with Crippen LogP contribution < -0.4 is 4.74 Å². The highest BCUT2D eigenvalue weighted by molar-refractivity contribution is 7.90. The number of sulfone groups is 1. The molecule has 0 saturated heterocycles. The number of pyridine rings is 1. The summed E-state index contributed by atoms with van der Waals surface area (Å²) in [5.41, 5.74) is 0.836. The molecular weight excluding hydrogens is 254 g/mol. The first-order valence-corrected chi connectivity index (χ1v) is 7.10. The van der Waals surface area contributed by atoms with E-state index in [1.165, 1.54) is 24.2 Å². The Kier molecular flexibility index (Phi) is 3.33. The standard InChI is InChI=1S/C11H13N3O3S/c1-17-11-9(4-3-5-12-11)7-14-8-10(6-13-14)18(2,15)16/h3-6,8H,7H2,1-2H3. The van der Waals surface area contributed by atoms with Crippen LogP contribution in [0.4, 0.5) is 0 Å². The average molecular weight is 267 g/mol. The van der Waals surface area contributed by atoms with Crippen LogP contribution >= 0.6 is 0 Å². The Morgan fingerprint density at radius 1 is 1.44 bits per heavy atom. The lowest BCUT2D eigenvalue weighted by atomic mass is 10.3. The van der Waals surface area contributed by atoms with Crippen LogP contribution in [0.2, 0.25) is 0 Å². The lowest BCUT2D eigenvalue weighted by molar-refractivity contribution is 0.390. The molecule has 0 aliphatic carbocycles. The van der Waals surface area contributed by atoms with Crippen molar-refractivity contribution in [2.75, 3.05) is 13.4 Å². The van der Waals surface area contributed by atoms with Gasteiger partial charge in [-0.3, -0.25) is 4.68 Å². The molecule has 18 heavy (non-hydrogen) atoms. The topological polar surface area (TPSA) is 74.1 Å². The predicted octanol–water partition coefficient (Wildman–Crippen LogP) is 0.738. The van der Waals surface area contributed by atoms with E-state index in [0.717, 1.165) is 11.8 Å². The number of hydrogen-bond donors (Lipinski definition) is 0. The third-order valence-corrected chi connectivity index (χ3v) is 3.48. The molecule has 0 N–H and O–H groups in total. The zero-order valence-electron chi connectivity index (χ0n) is 10.1. The molecule has 0 aliphatic heterocycles. The van der Waals surface area contributed by atoms with Crippen LogP contribution in [-0.2, 0) is 16.4 Å². The van der Waals surface area contributed by atoms with Crippen molar-refractivity contribution in [3.8, 4) is 5.88 Å². The molecule has 0 saturated carbocycles. The van der Waals surface area contributed by atoms with Crippen LogP contribution in [0.15, 0.2) is 35.6 Å². The Bertz CT molecular complexity index is 649. The highest BCUT2D eigenvalue weighted by Crippen LogP contribution is 2.15. The highest BCUT2D eigenvalue weighted by atomic mass is 32.2. The molecule has 0 amide bonds. The molecule has 2 rings (SSSR count). The quantitative estimate of drug-likeness (QED) is 0.816. The molecule has 0 atom stereocenters. The molecule has 0 spiro atoms. The van der Waals surface area contributed by atoms with Crippen molar-refractivity contribution in [2.45, 2.75) is 11.4 Å². The van der Waals surface area contributed by atoms with Crippen LogP contribution in [-0.4, -0.2) is 36.5 Å². The molecule has 2 aromatic heterocycles. The molecule has 96 valence electrons. The fourth-order valence-corrected chi connectivity index (χ4v) is 2.08. The molecular formula is C11H13N3O3S. The van der Waals surface area contributed by atoms with E-state index in [1.54, 1.807) is 12.3 Å². The van der Waals surface area contributed by atoms with Crippen molar-refractivity contribution in [3.05, 3.63) is 36.3 Å². The molecule has 0 fully saturated rings. The van der Waals surface area contributed by atoms with Gasteiger partial charge in [0.2, 0.25) is 5.88 Å². The summed E-state index contributed by atoms with van der Waals surface area (Å²) in [5.74, 6) is 0.508. The van der Waals surface area contributed by atoms with Crippen LogP contribution in [0, 0.1) is 0 Å². The number of hydrogen-bond acceptors (Lipinski definition) is 5. The summed E-state index contributed by atoms with van der Waals surface area (Å²) >= 11 is 0. The van der Waals surface area contributed by atoms with E-state index in [9.17, 15) is 8.42 Å². The van der Waals surface area contributed by atoms with E-state index in [1.807, 2.05) is 6.07 Å². The van der Waals surface area contributed by atoms with E-state index in [4.69, 9.17) is 4.74 Å². The molecule has 0 bridgehead atoms. The van der Waals surface area contributed by atoms with Gasteiger partial charge in [0, 0.05) is 24.2 Å². The van der Waals surface area contributed by atoms with Crippen molar-refractivity contribution in [3.63, 3.8) is 0 Å². The summed E-state index contributed by atoms with van der Waals surface area (Å²) in [6, 6.07) is 3.65. The maximum atomic E-state index is 11.3. The van der Waals surface area contributed by atoms with Gasteiger partial charge < -0.3 is 4.74 Å². The Morgan fingerprint density at radius 2 is 2.22 bits per heavy atom. The fourth-order valence-electron chi connectivity index (χ4n) is 1.53. The molecule has 0 unspecified atom stereocenters. The van der Waals surface area contributed by atoms with Gasteiger partial charge in [0.15, 0.2) is 9.84 Å². The average Bonchev–Trinajstić information content (AvgIpc) is 2.78. The monoisotopic (exact) mass is 267 g/mol. The summed E-state index contributed by atoms with van der Waals surface area (Å²) in [6.07, 6.45) is 5.60. The minimum absolute atomic E-state index is 0.199. The number of ether oxygens (including phenoxy) is 1. The maximum Gasteiger partial charge on any atom is 0.218 e. The molecule has 2 heterocycles. The van der Waals surface area contributed by atoms with E-state index < -0.39 is 9.84 Å². The van der Waals surface area contributed by atoms with Crippen LogP contribution in [0.25, 0.3) is 0 Å². The normalized spacial score (nSPS) is 11.4. The van der Waals surface area contributed by atoms with E-state index in [2.05, 4.69) is 10.1 Å². The number of rotatable bonds is 4. The van der Waals surface area contributed by atoms with E-state index in [-0.39, 0.29) is 4.90 Å². The number of methoxy groups -OCH3 is 1. The lowest BCUT2D eigenvalue weighted by Gasteiger charge is -2.06. The van der Waals surface area contributed by atoms with E-state index >= 15 is 0 Å². The van der Waals surface area contributed by atoms with Gasteiger partial charge in [0.1, 0.15) is 4.90 Å². The largest absolute Gasteiger partial charge is 0.481 e. The van der Waals surface area contributed by atoms with E-state index in [0.29, 0.717) is 12.4 Å². The minimum Gasteiger partial charge on any atom is -0.481 e. The first-order chi connectivity index (χ1) is 8.50. The minimum atomic E-state index is -3.22. The Balaban J connectivity index is 2.27. The highest BCUT2D eigenvalue weighted by Gasteiger charge is 2.11. The van der Waals surface area contributed by atoms with Gasteiger partial charge in [0.05, 0.1) is 19.9 Å². The van der Waals surface area contributed by atoms with Gasteiger partial charge in [-0.15, -0.1) is 0 Å². The molecule has 0 aromatic carbocycles. The van der Waals surface area contributed by atoms with Crippen LogP contribution in [0.5, 0.6) is 5.88 Å². The third-order valence-electron chi connectivity index (χ3n) is 2.41. The van der Waals surface area contributed by atoms with Gasteiger partial charge in [0.25, 0.3) is 0 Å². The van der Waals surface area contributed by atoms with Gasteiger partial charge in [-0.2, -0.15) is 5.10 Å². The van der Waals surface area contributed by atoms with Gasteiger partial charge >= 0.3 is 0 Å². The van der Waals surface area contributed by atoms with Crippen molar-refractivity contribution in [1.82, 2.24) is 14.8 Å². The Labute approximate surface area is 105 Å². The van der Waals surface area contributed by atoms with Gasteiger partial charge in [-0.1, -0.05) is 6.07 Å². The maximum absolute atomic E-state index is 11.3. The zero-order chi connectivity index (χ0) is 13.2. The lowest BCUT2D eigenvalue weighted by Crippen LogP contribution is -2.03. The molecule has 7 heteroatoms. The van der Waals surface area contributed by atoms with Crippen LogP contribution in [0.1, 0.15) is 5.56 Å². The Hall–Kier alpha value is -1.89. The van der Waals surface area contributed by atoms with Crippen molar-refractivity contribution < 1.29 is 13.2 Å². The van der Waals surface area contributed by atoms with Gasteiger partial charge in [-0.25, -0.2) is 13.4 Å². The summed E-state index contributed by atoms with van der Waals surface area (Å²) < 4.78 is 29.3. The third kappa shape index (κ3) is 2.67. The SMILES string of the molecule is COc1ncccc1Cn1cc(S(C)(=O)=O)cn1. The smallest absolute Gasteiger partial charge is 0.218 e. The molecule has 6 nitrogen and oxygen atoms in total. The van der Waals surface area contributed by atoms with Gasteiger partial charge in [-0.05, 0) is 6.07 Å². The second-order valence-electron chi connectivity index (χ2n) is 3.82. The second kappa shape index (κ2) is 4.77. The summed E-state index contributed by atoms with van der Waals surface area (Å²) in [4.78, 5) is 4.27. The zero-order valence-corrected chi connectivity index (χ0v) is 10.9. The predicted molar refractivity (Wildman–Crippen MR) is 65.2 cm³/mol. The van der Waals surface area contributed by atoms with Crippen LogP contribution in [0.3, 0.4) is 0 Å². The first-order valence-electron chi connectivity index (χ1n) is 5.21. The van der Waals surface area contributed by atoms with Crippen molar-refractivity contribution in [2.24, 2.45) is 0 Å². The summed E-state index contributed by atoms with van der Waals surface area (Å²) in [6.45, 7) is 0.409. The fraction of sp³-hybridized carbons (Fsp3) is 0.273. The number of aromatic nitrogens is 3. The second-order valence-corrected chi connectivity index (χ2v) is 5.83. The summed E-state index contributed by atoms with van der Waals surface area (Å²) in [7, 11) is -1.68. The van der Waals surface area contributed by atoms with Crippen molar-refractivity contribution in [1.29, 1.82) is 0 Å². The summed E-state index contributed by atoms with van der Waals surface area (Å²) in [5, 5.41) is 4.01. The number of nitrogens with zero attached hydrogens (tertiary/aromatic N) is 3.